The smallest absolute Gasteiger partial charge is 0.228 e. The van der Waals surface area contributed by atoms with Gasteiger partial charge in [-0.2, -0.15) is 0 Å². The average Bonchev–Trinajstić information content (AvgIpc) is 2.31. The first kappa shape index (κ1) is 10.9. The third-order valence-corrected chi connectivity index (χ3v) is 3.13. The molecule has 1 saturated carbocycles. The van der Waals surface area contributed by atoms with E-state index < -0.39 is 0 Å². The van der Waals surface area contributed by atoms with E-state index >= 15 is 0 Å². The van der Waals surface area contributed by atoms with E-state index in [1.54, 1.807) is 0 Å². The summed E-state index contributed by atoms with van der Waals surface area (Å²) in [7, 11) is 0. The summed E-state index contributed by atoms with van der Waals surface area (Å²) in [5, 5.41) is 3.09. The summed E-state index contributed by atoms with van der Waals surface area (Å²) < 4.78 is 10.2. The number of rotatable bonds is 2. The lowest BCUT2D eigenvalue weighted by atomic mass is 9.95. The second-order valence-corrected chi connectivity index (χ2v) is 4.40. The number of carbonyl (C=O) groups excluding carboxylic acids is 1. The van der Waals surface area contributed by atoms with Gasteiger partial charge in [0.15, 0.2) is 0 Å². The van der Waals surface area contributed by atoms with E-state index in [0.717, 1.165) is 12.8 Å². The fourth-order valence-electron chi connectivity index (χ4n) is 2.21. The number of hydrogen-bond acceptors (Lipinski definition) is 3. The van der Waals surface area contributed by atoms with Crippen LogP contribution in [0.1, 0.15) is 32.1 Å². The van der Waals surface area contributed by atoms with Crippen LogP contribution in [0.5, 0.6) is 0 Å². The van der Waals surface area contributed by atoms with Gasteiger partial charge in [-0.05, 0) is 12.8 Å². The molecule has 1 aliphatic heterocycles. The molecule has 1 aliphatic carbocycles. The van der Waals surface area contributed by atoms with Crippen LogP contribution in [0, 0.1) is 5.92 Å². The molecule has 0 aromatic rings. The van der Waals surface area contributed by atoms with E-state index in [9.17, 15) is 4.79 Å². The zero-order valence-electron chi connectivity index (χ0n) is 9.04. The second-order valence-electron chi connectivity index (χ2n) is 4.40. The number of nitrogens with one attached hydrogen (secondary N) is 1. The zero-order chi connectivity index (χ0) is 10.5. The normalized spacial score (nSPS) is 25.1. The third-order valence-electron chi connectivity index (χ3n) is 3.13. The molecule has 2 fully saturated rings. The van der Waals surface area contributed by atoms with Crippen LogP contribution in [0.2, 0.25) is 0 Å². The predicted octanol–water partition coefficient (Wildman–Crippen LogP) is 1.06. The Morgan fingerprint density at radius 1 is 1.07 bits per heavy atom. The molecule has 1 N–H and O–H groups in total. The van der Waals surface area contributed by atoms with Crippen molar-refractivity contribution < 1.29 is 14.3 Å². The first-order valence-electron chi connectivity index (χ1n) is 5.82. The number of hydrogen-bond donors (Lipinski definition) is 1. The van der Waals surface area contributed by atoms with Crippen LogP contribution in [0.4, 0.5) is 0 Å². The summed E-state index contributed by atoms with van der Waals surface area (Å²) in [4.78, 5) is 11.8. The Labute approximate surface area is 90.3 Å². The van der Waals surface area contributed by atoms with Crippen molar-refractivity contribution in [3.8, 4) is 0 Å². The van der Waals surface area contributed by atoms with Gasteiger partial charge < -0.3 is 14.8 Å². The minimum Gasteiger partial charge on any atom is -0.355 e. The molecule has 2 aliphatic rings. The quantitative estimate of drug-likeness (QED) is 0.746. The molecule has 0 unspecified atom stereocenters. The molecule has 0 spiro atoms. The largest absolute Gasteiger partial charge is 0.355 e. The highest BCUT2D eigenvalue weighted by molar-refractivity contribution is 5.79. The summed E-state index contributed by atoms with van der Waals surface area (Å²) in [6.07, 6.45) is 6.04. The number of ether oxygens (including phenoxy) is 2. The maximum Gasteiger partial charge on any atom is 0.228 e. The van der Waals surface area contributed by atoms with Crippen LogP contribution in [0.15, 0.2) is 0 Å². The monoisotopic (exact) mass is 213 g/mol. The van der Waals surface area contributed by atoms with Crippen molar-refractivity contribution in [2.75, 3.05) is 20.0 Å². The Morgan fingerprint density at radius 3 is 2.40 bits per heavy atom. The summed E-state index contributed by atoms with van der Waals surface area (Å²) in [5.74, 6) is -0.0118. The lowest BCUT2D eigenvalue weighted by Crippen LogP contribution is -2.44. The van der Waals surface area contributed by atoms with Crippen LogP contribution >= 0.6 is 0 Å². The van der Waals surface area contributed by atoms with Gasteiger partial charge in [-0.1, -0.05) is 19.3 Å². The predicted molar refractivity (Wildman–Crippen MR) is 55.3 cm³/mol. The van der Waals surface area contributed by atoms with Gasteiger partial charge in [-0.15, -0.1) is 0 Å². The van der Waals surface area contributed by atoms with Crippen LogP contribution in [-0.4, -0.2) is 32.0 Å². The van der Waals surface area contributed by atoms with Crippen molar-refractivity contribution in [3.63, 3.8) is 0 Å². The number of amides is 1. The molecular weight excluding hydrogens is 194 g/mol. The van der Waals surface area contributed by atoms with Gasteiger partial charge in [-0.25, -0.2) is 0 Å². The average molecular weight is 213 g/mol. The Bertz CT molecular complexity index is 208. The van der Waals surface area contributed by atoms with Crippen LogP contribution < -0.4 is 5.32 Å². The summed E-state index contributed by atoms with van der Waals surface area (Å²) in [5.41, 5.74) is 0. The van der Waals surface area contributed by atoms with E-state index in [-0.39, 0.29) is 11.8 Å². The third kappa shape index (κ3) is 3.18. The molecule has 4 heteroatoms. The molecule has 1 amide bonds. The zero-order valence-corrected chi connectivity index (χ0v) is 9.04. The molecule has 4 nitrogen and oxygen atoms in total. The van der Waals surface area contributed by atoms with E-state index in [0.29, 0.717) is 26.0 Å². The van der Waals surface area contributed by atoms with Gasteiger partial charge in [0.2, 0.25) is 5.91 Å². The molecule has 1 saturated heterocycles. The van der Waals surface area contributed by atoms with Gasteiger partial charge >= 0.3 is 0 Å². The molecule has 86 valence electrons. The molecule has 0 bridgehead atoms. The first-order chi connectivity index (χ1) is 7.36. The van der Waals surface area contributed by atoms with E-state index in [1.807, 2.05) is 0 Å². The molecule has 2 rings (SSSR count). The van der Waals surface area contributed by atoms with Gasteiger partial charge in [0, 0.05) is 6.04 Å². The fourth-order valence-corrected chi connectivity index (χ4v) is 2.21. The van der Waals surface area contributed by atoms with E-state index in [4.69, 9.17) is 9.47 Å². The lowest BCUT2D eigenvalue weighted by Gasteiger charge is -2.27. The molecule has 15 heavy (non-hydrogen) atoms. The second kappa shape index (κ2) is 5.47. The maximum atomic E-state index is 11.8. The molecule has 0 atom stereocenters. The van der Waals surface area contributed by atoms with Gasteiger partial charge in [-0.3, -0.25) is 4.79 Å². The van der Waals surface area contributed by atoms with Crippen LogP contribution in [-0.2, 0) is 14.3 Å². The summed E-state index contributed by atoms with van der Waals surface area (Å²) >= 11 is 0. The number of carbonyl (C=O) groups is 1. The Balaban J connectivity index is 1.74. The molecule has 0 aromatic heterocycles. The van der Waals surface area contributed by atoms with Gasteiger partial charge in [0.1, 0.15) is 6.79 Å². The van der Waals surface area contributed by atoms with E-state index in [1.165, 1.54) is 19.3 Å². The van der Waals surface area contributed by atoms with Crippen molar-refractivity contribution in [1.82, 2.24) is 5.32 Å². The standard InChI is InChI=1S/C11H19NO3/c13-11(9-6-14-8-15-7-9)12-10-4-2-1-3-5-10/h9-10H,1-8H2,(H,12,13). The highest BCUT2D eigenvalue weighted by Gasteiger charge is 2.25. The highest BCUT2D eigenvalue weighted by Crippen LogP contribution is 2.18. The van der Waals surface area contributed by atoms with Crippen molar-refractivity contribution >= 4 is 5.91 Å². The summed E-state index contributed by atoms with van der Waals surface area (Å²) in [6, 6.07) is 0.383. The van der Waals surface area contributed by atoms with Crippen molar-refractivity contribution in [2.45, 2.75) is 38.1 Å². The van der Waals surface area contributed by atoms with Crippen LogP contribution in [0.3, 0.4) is 0 Å². The van der Waals surface area contributed by atoms with Crippen molar-refractivity contribution in [2.24, 2.45) is 5.92 Å². The van der Waals surface area contributed by atoms with Crippen molar-refractivity contribution in [3.05, 3.63) is 0 Å². The Kier molecular flexibility index (Phi) is 3.97. The van der Waals surface area contributed by atoms with Gasteiger partial charge in [0.05, 0.1) is 19.1 Å². The van der Waals surface area contributed by atoms with Crippen molar-refractivity contribution in [1.29, 1.82) is 0 Å². The summed E-state index contributed by atoms with van der Waals surface area (Å²) in [6.45, 7) is 1.32. The maximum absolute atomic E-state index is 11.8. The molecular formula is C11H19NO3. The SMILES string of the molecule is O=C(NC1CCCCC1)C1COCOC1. The fraction of sp³-hybridized carbons (Fsp3) is 0.909. The topological polar surface area (TPSA) is 47.6 Å². The molecule has 0 aromatic carbocycles. The Hall–Kier alpha value is -0.610. The molecule has 1 heterocycles. The lowest BCUT2D eigenvalue weighted by molar-refractivity contribution is -0.152. The van der Waals surface area contributed by atoms with E-state index in [2.05, 4.69) is 5.32 Å². The minimum atomic E-state index is -0.110. The van der Waals surface area contributed by atoms with Crippen LogP contribution in [0.25, 0.3) is 0 Å². The highest BCUT2D eigenvalue weighted by atomic mass is 16.7. The Morgan fingerprint density at radius 2 is 1.73 bits per heavy atom. The minimum absolute atomic E-state index is 0.0987. The first-order valence-corrected chi connectivity index (χ1v) is 5.82. The molecule has 0 radical (unpaired) electrons. The van der Waals surface area contributed by atoms with Gasteiger partial charge in [0.25, 0.3) is 0 Å².